The van der Waals surface area contributed by atoms with Crippen LogP contribution in [0.15, 0.2) is 28.5 Å². The predicted molar refractivity (Wildman–Crippen MR) is 70.3 cm³/mol. The fourth-order valence-electron chi connectivity index (χ4n) is 2.66. The lowest BCUT2D eigenvalue weighted by molar-refractivity contribution is 0.721. The van der Waals surface area contributed by atoms with Gasteiger partial charge in [0.2, 0.25) is 0 Å². The summed E-state index contributed by atoms with van der Waals surface area (Å²) in [6.07, 6.45) is 5.49. The molecule has 1 aromatic carbocycles. The molecule has 1 fully saturated rings. The SMILES string of the molecule is Sc1sc2ccccc2c1C1CCCC1. The van der Waals surface area contributed by atoms with Gasteiger partial charge in [-0.25, -0.2) is 0 Å². The van der Waals surface area contributed by atoms with Crippen LogP contribution in [0.3, 0.4) is 0 Å². The second-order valence-electron chi connectivity index (χ2n) is 4.30. The summed E-state index contributed by atoms with van der Waals surface area (Å²) in [5.41, 5.74) is 1.52. The summed E-state index contributed by atoms with van der Waals surface area (Å²) in [5.74, 6) is 0.772. The zero-order chi connectivity index (χ0) is 10.3. The maximum Gasteiger partial charge on any atom is 0.0615 e. The van der Waals surface area contributed by atoms with E-state index in [0.29, 0.717) is 0 Å². The van der Waals surface area contributed by atoms with Gasteiger partial charge in [0, 0.05) is 4.70 Å². The second-order valence-corrected chi connectivity index (χ2v) is 6.10. The van der Waals surface area contributed by atoms with Crippen LogP contribution in [-0.2, 0) is 0 Å². The third-order valence-corrected chi connectivity index (χ3v) is 4.88. The molecule has 0 N–H and O–H groups in total. The van der Waals surface area contributed by atoms with Crippen molar-refractivity contribution in [3.63, 3.8) is 0 Å². The molecule has 0 radical (unpaired) electrons. The summed E-state index contributed by atoms with van der Waals surface area (Å²) >= 11 is 6.48. The molecule has 1 aromatic heterocycles. The molecule has 0 amide bonds. The molecule has 0 nitrogen and oxygen atoms in total. The van der Waals surface area contributed by atoms with Gasteiger partial charge in [0.05, 0.1) is 4.21 Å². The molecule has 1 aliphatic rings. The number of benzene rings is 1. The van der Waals surface area contributed by atoms with E-state index in [-0.39, 0.29) is 0 Å². The highest BCUT2D eigenvalue weighted by Crippen LogP contribution is 2.44. The van der Waals surface area contributed by atoms with Crippen LogP contribution in [-0.4, -0.2) is 0 Å². The van der Waals surface area contributed by atoms with Gasteiger partial charge >= 0.3 is 0 Å². The molecule has 15 heavy (non-hydrogen) atoms. The van der Waals surface area contributed by atoms with E-state index in [0.717, 1.165) is 5.92 Å². The number of rotatable bonds is 1. The normalized spacial score (nSPS) is 17.7. The zero-order valence-electron chi connectivity index (χ0n) is 8.57. The average Bonchev–Trinajstić information content (AvgIpc) is 2.82. The van der Waals surface area contributed by atoms with Crippen LogP contribution in [0.4, 0.5) is 0 Å². The largest absolute Gasteiger partial charge is 0.133 e. The first-order valence-corrected chi connectivity index (χ1v) is 6.83. The van der Waals surface area contributed by atoms with Gasteiger partial charge in [0.1, 0.15) is 0 Å². The molecule has 0 saturated heterocycles. The first kappa shape index (κ1) is 9.73. The summed E-state index contributed by atoms with van der Waals surface area (Å²) < 4.78 is 2.63. The molecule has 1 aliphatic carbocycles. The average molecular weight is 234 g/mol. The summed E-state index contributed by atoms with van der Waals surface area (Å²) in [6.45, 7) is 0. The van der Waals surface area contributed by atoms with Crippen molar-refractivity contribution in [2.45, 2.75) is 35.8 Å². The van der Waals surface area contributed by atoms with E-state index >= 15 is 0 Å². The third-order valence-electron chi connectivity index (χ3n) is 3.38. The highest BCUT2D eigenvalue weighted by atomic mass is 32.2. The van der Waals surface area contributed by atoms with Gasteiger partial charge in [-0.3, -0.25) is 0 Å². The fraction of sp³-hybridized carbons (Fsp3) is 0.385. The number of fused-ring (bicyclic) bond motifs is 1. The Bertz CT molecular complexity index is 478. The smallest absolute Gasteiger partial charge is 0.0615 e. The van der Waals surface area contributed by atoms with Crippen molar-refractivity contribution in [3.05, 3.63) is 29.8 Å². The van der Waals surface area contributed by atoms with Crippen molar-refractivity contribution in [2.75, 3.05) is 0 Å². The standard InChI is InChI=1S/C13H14S2/c14-13-12(9-5-1-2-6-9)10-7-3-4-8-11(10)15-13/h3-4,7-9,14H,1-2,5-6H2. The van der Waals surface area contributed by atoms with Crippen molar-refractivity contribution in [3.8, 4) is 0 Å². The maximum atomic E-state index is 4.65. The molecule has 2 heteroatoms. The van der Waals surface area contributed by atoms with Crippen molar-refractivity contribution in [2.24, 2.45) is 0 Å². The highest BCUT2D eigenvalue weighted by molar-refractivity contribution is 7.83. The first-order valence-electron chi connectivity index (χ1n) is 5.56. The third kappa shape index (κ3) is 1.60. The van der Waals surface area contributed by atoms with E-state index in [2.05, 4.69) is 36.9 Å². The van der Waals surface area contributed by atoms with E-state index < -0.39 is 0 Å². The Hall–Kier alpha value is -0.470. The Balaban J connectivity index is 2.19. The molecular weight excluding hydrogens is 220 g/mol. The number of thiol groups is 1. The maximum absolute atomic E-state index is 4.65. The minimum Gasteiger partial charge on any atom is -0.133 e. The Morgan fingerprint density at radius 1 is 1.13 bits per heavy atom. The van der Waals surface area contributed by atoms with Crippen LogP contribution >= 0.6 is 24.0 Å². The number of hydrogen-bond acceptors (Lipinski definition) is 2. The summed E-state index contributed by atoms with van der Waals surface area (Å²) in [7, 11) is 0. The molecule has 0 aliphatic heterocycles. The van der Waals surface area contributed by atoms with E-state index in [9.17, 15) is 0 Å². The lowest BCUT2D eigenvalue weighted by atomic mass is 9.97. The monoisotopic (exact) mass is 234 g/mol. The van der Waals surface area contributed by atoms with Gasteiger partial charge in [-0.15, -0.1) is 24.0 Å². The molecular formula is C13H14S2. The molecule has 1 saturated carbocycles. The molecule has 3 rings (SSSR count). The van der Waals surface area contributed by atoms with Crippen LogP contribution in [0.2, 0.25) is 0 Å². The fourth-order valence-corrected chi connectivity index (χ4v) is 4.29. The van der Waals surface area contributed by atoms with Crippen molar-refractivity contribution in [1.29, 1.82) is 0 Å². The Labute approximate surface area is 99.7 Å². The second kappa shape index (κ2) is 3.84. The van der Waals surface area contributed by atoms with Crippen molar-refractivity contribution >= 4 is 34.1 Å². The Kier molecular flexibility index (Phi) is 2.49. The molecule has 0 atom stereocenters. The molecule has 0 unspecified atom stereocenters. The molecule has 78 valence electrons. The highest BCUT2D eigenvalue weighted by Gasteiger charge is 2.22. The van der Waals surface area contributed by atoms with Crippen LogP contribution in [0, 0.1) is 0 Å². The van der Waals surface area contributed by atoms with Crippen LogP contribution < -0.4 is 0 Å². The van der Waals surface area contributed by atoms with Gasteiger partial charge in [-0.1, -0.05) is 31.0 Å². The minimum absolute atomic E-state index is 0.772. The lowest BCUT2D eigenvalue weighted by Crippen LogP contribution is -1.90. The first-order chi connectivity index (χ1) is 7.36. The van der Waals surface area contributed by atoms with E-state index in [1.165, 1.54) is 45.5 Å². The topological polar surface area (TPSA) is 0 Å². The van der Waals surface area contributed by atoms with Crippen LogP contribution in [0.25, 0.3) is 10.1 Å². The van der Waals surface area contributed by atoms with Gasteiger partial charge in [-0.2, -0.15) is 0 Å². The number of thiophene rings is 1. The zero-order valence-corrected chi connectivity index (χ0v) is 10.3. The Morgan fingerprint density at radius 3 is 2.67 bits per heavy atom. The van der Waals surface area contributed by atoms with Gasteiger partial charge in [0.25, 0.3) is 0 Å². The summed E-state index contributed by atoms with van der Waals surface area (Å²) in [5, 5.41) is 1.44. The van der Waals surface area contributed by atoms with Crippen molar-refractivity contribution in [1.82, 2.24) is 0 Å². The quantitative estimate of drug-likeness (QED) is 0.670. The van der Waals surface area contributed by atoms with Gasteiger partial charge in [-0.05, 0) is 35.8 Å². The van der Waals surface area contributed by atoms with Crippen LogP contribution in [0.5, 0.6) is 0 Å². The van der Waals surface area contributed by atoms with Crippen LogP contribution in [0.1, 0.15) is 37.2 Å². The van der Waals surface area contributed by atoms with Gasteiger partial charge in [0.15, 0.2) is 0 Å². The van der Waals surface area contributed by atoms with E-state index in [4.69, 9.17) is 0 Å². The Morgan fingerprint density at radius 2 is 1.87 bits per heavy atom. The van der Waals surface area contributed by atoms with Crippen molar-refractivity contribution < 1.29 is 0 Å². The lowest BCUT2D eigenvalue weighted by Gasteiger charge is -2.08. The molecule has 2 aromatic rings. The number of hydrogen-bond donors (Lipinski definition) is 1. The van der Waals surface area contributed by atoms with Gasteiger partial charge < -0.3 is 0 Å². The van der Waals surface area contributed by atoms with E-state index in [1.807, 2.05) is 11.3 Å². The molecule has 1 heterocycles. The predicted octanol–water partition coefficient (Wildman–Crippen LogP) is 4.85. The summed E-state index contributed by atoms with van der Waals surface area (Å²) in [6, 6.07) is 8.71. The molecule has 0 bridgehead atoms. The summed E-state index contributed by atoms with van der Waals surface area (Å²) in [4.78, 5) is 0. The molecule has 0 spiro atoms. The van der Waals surface area contributed by atoms with E-state index in [1.54, 1.807) is 0 Å². The minimum atomic E-state index is 0.772.